The van der Waals surface area contributed by atoms with Gasteiger partial charge >= 0.3 is 0 Å². The molecule has 0 aliphatic rings. The van der Waals surface area contributed by atoms with Crippen molar-refractivity contribution in [1.29, 1.82) is 0 Å². The van der Waals surface area contributed by atoms with Crippen LogP contribution in [-0.2, 0) is 4.79 Å². The molecule has 0 radical (unpaired) electrons. The first-order chi connectivity index (χ1) is 8.24. The Labute approximate surface area is 112 Å². The van der Waals surface area contributed by atoms with Gasteiger partial charge in [0.25, 0.3) is 0 Å². The monoisotopic (exact) mass is 294 g/mol. The van der Waals surface area contributed by atoms with Crippen LogP contribution >= 0.6 is 15.9 Å². The molecule has 0 fully saturated rings. The Morgan fingerprint density at radius 1 is 1.41 bits per heavy atom. The molecule has 1 nitrogen and oxygen atoms in total. The molecule has 17 heavy (non-hydrogen) atoms. The molecule has 0 bridgehead atoms. The first kappa shape index (κ1) is 14.2. The maximum Gasteiger partial charge on any atom is 0.123 e. The predicted molar refractivity (Wildman–Crippen MR) is 76.2 cm³/mol. The van der Waals surface area contributed by atoms with Crippen molar-refractivity contribution in [3.8, 4) is 0 Å². The predicted octanol–water partition coefficient (Wildman–Crippen LogP) is 4.72. The summed E-state index contributed by atoms with van der Waals surface area (Å²) < 4.78 is 1.05. The van der Waals surface area contributed by atoms with E-state index in [1.165, 1.54) is 0 Å². The standard InChI is InChI=1S/C15H19BrO/c1-3-5-8-12(11-17)13(4-2)14-9-6-7-10-15(14)16/h4,6-7,9-13H,2-3,5,8H2,1H3/t12-,13+/m0/s1. The highest BCUT2D eigenvalue weighted by Gasteiger charge is 2.21. The molecule has 0 unspecified atom stereocenters. The molecule has 0 heterocycles. The Morgan fingerprint density at radius 3 is 2.65 bits per heavy atom. The Balaban J connectivity index is 2.93. The van der Waals surface area contributed by atoms with Crippen LogP contribution in [0.5, 0.6) is 0 Å². The van der Waals surface area contributed by atoms with Crippen molar-refractivity contribution in [2.45, 2.75) is 32.1 Å². The zero-order valence-corrected chi connectivity index (χ0v) is 11.8. The number of halogens is 1. The van der Waals surface area contributed by atoms with Crippen LogP contribution in [0, 0.1) is 5.92 Å². The summed E-state index contributed by atoms with van der Waals surface area (Å²) in [5.74, 6) is 0.140. The summed E-state index contributed by atoms with van der Waals surface area (Å²) in [4.78, 5) is 11.2. The van der Waals surface area contributed by atoms with E-state index in [9.17, 15) is 4.79 Å². The van der Waals surface area contributed by atoms with Gasteiger partial charge < -0.3 is 4.79 Å². The van der Waals surface area contributed by atoms with Crippen LogP contribution in [0.25, 0.3) is 0 Å². The zero-order valence-electron chi connectivity index (χ0n) is 10.2. The van der Waals surface area contributed by atoms with E-state index >= 15 is 0 Å². The molecule has 0 spiro atoms. The molecule has 0 aliphatic carbocycles. The lowest BCUT2D eigenvalue weighted by Crippen LogP contribution is -2.13. The number of allylic oxidation sites excluding steroid dienone is 1. The van der Waals surface area contributed by atoms with Crippen molar-refractivity contribution < 1.29 is 4.79 Å². The minimum Gasteiger partial charge on any atom is -0.303 e. The van der Waals surface area contributed by atoms with Crippen LogP contribution in [0.1, 0.15) is 37.7 Å². The molecule has 0 saturated heterocycles. The van der Waals surface area contributed by atoms with Gasteiger partial charge in [-0.05, 0) is 18.1 Å². The molecular weight excluding hydrogens is 276 g/mol. The van der Waals surface area contributed by atoms with Crippen LogP contribution in [-0.4, -0.2) is 6.29 Å². The van der Waals surface area contributed by atoms with E-state index < -0.39 is 0 Å². The summed E-state index contributed by atoms with van der Waals surface area (Å²) >= 11 is 3.54. The van der Waals surface area contributed by atoms with Crippen LogP contribution in [0.2, 0.25) is 0 Å². The number of hydrogen-bond donors (Lipinski definition) is 0. The van der Waals surface area contributed by atoms with Gasteiger partial charge in [0.1, 0.15) is 6.29 Å². The fourth-order valence-electron chi connectivity index (χ4n) is 2.05. The van der Waals surface area contributed by atoms with Gasteiger partial charge in [-0.25, -0.2) is 0 Å². The summed E-state index contributed by atoms with van der Waals surface area (Å²) in [5, 5.41) is 0. The lowest BCUT2D eigenvalue weighted by molar-refractivity contribution is -0.111. The summed E-state index contributed by atoms with van der Waals surface area (Å²) in [7, 11) is 0. The average molecular weight is 295 g/mol. The van der Waals surface area contributed by atoms with Crippen molar-refractivity contribution in [3.63, 3.8) is 0 Å². The van der Waals surface area contributed by atoms with Gasteiger partial charge in [0, 0.05) is 16.3 Å². The summed E-state index contributed by atoms with van der Waals surface area (Å²) in [5.41, 5.74) is 1.15. The van der Waals surface area contributed by atoms with E-state index in [0.29, 0.717) is 0 Å². The number of rotatable bonds is 7. The minimum absolute atomic E-state index is 0.0335. The zero-order chi connectivity index (χ0) is 12.7. The molecule has 1 aromatic carbocycles. The summed E-state index contributed by atoms with van der Waals surface area (Å²) in [6.07, 6.45) is 6.08. The molecule has 92 valence electrons. The summed E-state index contributed by atoms with van der Waals surface area (Å²) in [6.45, 7) is 6.02. The molecule has 0 saturated carbocycles. The van der Waals surface area contributed by atoms with Crippen molar-refractivity contribution in [2.24, 2.45) is 5.92 Å². The van der Waals surface area contributed by atoms with E-state index in [0.717, 1.165) is 35.6 Å². The third kappa shape index (κ3) is 3.81. The number of benzene rings is 1. The molecule has 0 aliphatic heterocycles. The largest absolute Gasteiger partial charge is 0.303 e. The van der Waals surface area contributed by atoms with Crippen LogP contribution in [0.3, 0.4) is 0 Å². The van der Waals surface area contributed by atoms with Gasteiger partial charge in [-0.2, -0.15) is 0 Å². The van der Waals surface area contributed by atoms with E-state index in [1.807, 2.05) is 24.3 Å². The van der Waals surface area contributed by atoms with Crippen LogP contribution in [0.4, 0.5) is 0 Å². The third-order valence-corrected chi connectivity index (χ3v) is 3.77. The quantitative estimate of drug-likeness (QED) is 0.525. The first-order valence-corrected chi connectivity index (χ1v) is 6.86. The van der Waals surface area contributed by atoms with E-state index in [2.05, 4.69) is 35.5 Å². The number of hydrogen-bond acceptors (Lipinski definition) is 1. The third-order valence-electron chi connectivity index (χ3n) is 3.05. The average Bonchev–Trinajstić information content (AvgIpc) is 2.36. The molecule has 2 heteroatoms. The van der Waals surface area contributed by atoms with E-state index in [-0.39, 0.29) is 11.8 Å². The van der Waals surface area contributed by atoms with Gasteiger partial charge in [0.05, 0.1) is 0 Å². The van der Waals surface area contributed by atoms with Gasteiger partial charge in [-0.1, -0.05) is 60.0 Å². The smallest absolute Gasteiger partial charge is 0.123 e. The Bertz CT molecular complexity index is 373. The number of carbonyl (C=O) groups excluding carboxylic acids is 1. The van der Waals surface area contributed by atoms with Crippen molar-refractivity contribution >= 4 is 22.2 Å². The first-order valence-electron chi connectivity index (χ1n) is 6.06. The Morgan fingerprint density at radius 2 is 2.12 bits per heavy atom. The molecule has 2 atom stereocenters. The highest BCUT2D eigenvalue weighted by atomic mass is 79.9. The molecule has 0 N–H and O–H groups in total. The van der Waals surface area contributed by atoms with Gasteiger partial charge in [0.15, 0.2) is 0 Å². The molecule has 0 amide bonds. The highest BCUT2D eigenvalue weighted by molar-refractivity contribution is 9.10. The second-order valence-electron chi connectivity index (χ2n) is 4.23. The maximum absolute atomic E-state index is 11.2. The van der Waals surface area contributed by atoms with Gasteiger partial charge in [-0.15, -0.1) is 6.58 Å². The molecule has 0 aromatic heterocycles. The topological polar surface area (TPSA) is 17.1 Å². The van der Waals surface area contributed by atoms with Crippen LogP contribution < -0.4 is 0 Å². The Hall–Kier alpha value is -0.890. The normalized spacial score (nSPS) is 14.0. The van der Waals surface area contributed by atoms with E-state index in [1.54, 1.807) is 0 Å². The van der Waals surface area contributed by atoms with Crippen molar-refractivity contribution in [2.75, 3.05) is 0 Å². The number of carbonyl (C=O) groups is 1. The van der Waals surface area contributed by atoms with Crippen molar-refractivity contribution in [3.05, 3.63) is 47.0 Å². The lowest BCUT2D eigenvalue weighted by atomic mass is 9.84. The second kappa shape index (κ2) is 7.44. The van der Waals surface area contributed by atoms with Gasteiger partial charge in [-0.3, -0.25) is 0 Å². The fourth-order valence-corrected chi connectivity index (χ4v) is 2.60. The SMILES string of the molecule is C=C[C@@H](c1ccccc1Br)[C@H](C=O)CCCC. The van der Waals surface area contributed by atoms with Gasteiger partial charge in [0.2, 0.25) is 0 Å². The second-order valence-corrected chi connectivity index (χ2v) is 5.08. The highest BCUT2D eigenvalue weighted by Crippen LogP contribution is 2.33. The van der Waals surface area contributed by atoms with Crippen molar-refractivity contribution in [1.82, 2.24) is 0 Å². The molecule has 1 aromatic rings. The summed E-state index contributed by atoms with van der Waals surface area (Å²) in [6, 6.07) is 8.04. The maximum atomic E-state index is 11.2. The Kier molecular flexibility index (Phi) is 6.20. The lowest BCUT2D eigenvalue weighted by Gasteiger charge is -2.21. The van der Waals surface area contributed by atoms with E-state index in [4.69, 9.17) is 0 Å². The fraction of sp³-hybridized carbons (Fsp3) is 0.400. The number of unbranched alkanes of at least 4 members (excludes halogenated alkanes) is 1. The molecule has 1 rings (SSSR count). The molecular formula is C15H19BrO. The number of aldehydes is 1. The van der Waals surface area contributed by atoms with Crippen LogP contribution in [0.15, 0.2) is 41.4 Å². The minimum atomic E-state index is 0.0335.